The minimum atomic E-state index is -0.358. The average molecular weight is 220 g/mol. The molecule has 1 saturated carbocycles. The van der Waals surface area contributed by atoms with Crippen LogP contribution in [0.3, 0.4) is 0 Å². The monoisotopic (exact) mass is 220 g/mol. The van der Waals surface area contributed by atoms with Crippen LogP contribution >= 0.6 is 0 Å². The second-order valence-electron chi connectivity index (χ2n) is 4.60. The van der Waals surface area contributed by atoms with Crippen molar-refractivity contribution in [2.75, 3.05) is 13.2 Å². The summed E-state index contributed by atoms with van der Waals surface area (Å²) in [4.78, 5) is 0. The van der Waals surface area contributed by atoms with E-state index in [1.807, 2.05) is 18.2 Å². The summed E-state index contributed by atoms with van der Waals surface area (Å²) in [6, 6.07) is 5.72. The highest BCUT2D eigenvalue weighted by atomic mass is 16.6. The van der Waals surface area contributed by atoms with Gasteiger partial charge in [-0.2, -0.15) is 0 Å². The van der Waals surface area contributed by atoms with E-state index in [1.165, 1.54) is 12.8 Å². The first-order valence-corrected chi connectivity index (χ1v) is 5.90. The summed E-state index contributed by atoms with van der Waals surface area (Å²) in [5, 5.41) is 10.0. The van der Waals surface area contributed by atoms with E-state index in [1.54, 1.807) is 0 Å². The molecule has 2 aliphatic rings. The van der Waals surface area contributed by atoms with Gasteiger partial charge in [0, 0.05) is 0 Å². The quantitative estimate of drug-likeness (QED) is 0.849. The third-order valence-corrected chi connectivity index (χ3v) is 3.20. The fourth-order valence-electron chi connectivity index (χ4n) is 2.07. The number of ether oxygens (including phenoxy) is 2. The van der Waals surface area contributed by atoms with Gasteiger partial charge in [0.2, 0.25) is 0 Å². The van der Waals surface area contributed by atoms with Gasteiger partial charge >= 0.3 is 0 Å². The lowest BCUT2D eigenvalue weighted by Crippen LogP contribution is -2.15. The van der Waals surface area contributed by atoms with Gasteiger partial charge in [-0.15, -0.1) is 0 Å². The van der Waals surface area contributed by atoms with Crippen molar-refractivity contribution in [2.24, 2.45) is 5.92 Å². The predicted molar refractivity (Wildman–Crippen MR) is 59.7 cm³/mol. The summed E-state index contributed by atoms with van der Waals surface area (Å²) >= 11 is 0. The maximum Gasteiger partial charge on any atom is 0.161 e. The van der Waals surface area contributed by atoms with Crippen LogP contribution in [0.4, 0.5) is 0 Å². The third kappa shape index (κ3) is 2.00. The largest absolute Gasteiger partial charge is 0.486 e. The lowest BCUT2D eigenvalue weighted by atomic mass is 10.0. The molecule has 1 aromatic carbocycles. The Morgan fingerprint density at radius 2 is 1.94 bits per heavy atom. The van der Waals surface area contributed by atoms with Crippen LogP contribution in [-0.2, 0) is 0 Å². The SMILES string of the molecule is OC(CC1CC1)c1ccc2c(c1)OCCO2. The molecule has 1 unspecified atom stereocenters. The zero-order chi connectivity index (χ0) is 11.0. The molecule has 1 heterocycles. The van der Waals surface area contributed by atoms with Crippen LogP contribution in [0.25, 0.3) is 0 Å². The van der Waals surface area contributed by atoms with E-state index in [2.05, 4.69) is 0 Å². The molecule has 1 aliphatic heterocycles. The van der Waals surface area contributed by atoms with Crippen LogP contribution in [0.1, 0.15) is 30.9 Å². The Balaban J connectivity index is 1.78. The van der Waals surface area contributed by atoms with Crippen LogP contribution in [0.2, 0.25) is 0 Å². The third-order valence-electron chi connectivity index (χ3n) is 3.20. The van der Waals surface area contributed by atoms with Gasteiger partial charge < -0.3 is 14.6 Å². The number of benzene rings is 1. The molecular formula is C13H16O3. The summed E-state index contributed by atoms with van der Waals surface area (Å²) in [5.74, 6) is 2.27. The van der Waals surface area contributed by atoms with Gasteiger partial charge in [-0.25, -0.2) is 0 Å². The smallest absolute Gasteiger partial charge is 0.161 e. The van der Waals surface area contributed by atoms with Crippen molar-refractivity contribution in [1.29, 1.82) is 0 Å². The molecule has 3 heteroatoms. The molecule has 0 saturated heterocycles. The maximum atomic E-state index is 10.0. The fraction of sp³-hybridized carbons (Fsp3) is 0.538. The van der Waals surface area contributed by atoms with E-state index in [4.69, 9.17) is 9.47 Å². The van der Waals surface area contributed by atoms with E-state index in [9.17, 15) is 5.11 Å². The van der Waals surface area contributed by atoms with E-state index < -0.39 is 0 Å². The van der Waals surface area contributed by atoms with Gasteiger partial charge in [0.05, 0.1) is 6.10 Å². The summed E-state index contributed by atoms with van der Waals surface area (Å²) in [7, 11) is 0. The van der Waals surface area contributed by atoms with Crippen molar-refractivity contribution >= 4 is 0 Å². The van der Waals surface area contributed by atoms with Crippen molar-refractivity contribution in [3.05, 3.63) is 23.8 Å². The lowest BCUT2D eigenvalue weighted by Gasteiger charge is -2.20. The van der Waals surface area contributed by atoms with Crippen LogP contribution in [0.15, 0.2) is 18.2 Å². The number of aliphatic hydroxyl groups excluding tert-OH is 1. The Labute approximate surface area is 95.0 Å². The number of aliphatic hydroxyl groups is 1. The molecule has 1 fully saturated rings. The van der Waals surface area contributed by atoms with Crippen molar-refractivity contribution < 1.29 is 14.6 Å². The molecule has 1 aromatic rings. The van der Waals surface area contributed by atoms with E-state index >= 15 is 0 Å². The van der Waals surface area contributed by atoms with Gasteiger partial charge in [-0.05, 0) is 30.0 Å². The minimum absolute atomic E-state index is 0.358. The number of rotatable bonds is 3. The van der Waals surface area contributed by atoms with Crippen molar-refractivity contribution in [2.45, 2.75) is 25.4 Å². The molecular weight excluding hydrogens is 204 g/mol. The van der Waals surface area contributed by atoms with Gasteiger partial charge in [-0.3, -0.25) is 0 Å². The summed E-state index contributed by atoms with van der Waals surface area (Å²) in [6.07, 6.45) is 3.05. The zero-order valence-corrected chi connectivity index (χ0v) is 9.19. The molecule has 0 spiro atoms. The van der Waals surface area contributed by atoms with Crippen LogP contribution in [0, 0.1) is 5.92 Å². The first-order chi connectivity index (χ1) is 7.83. The standard InChI is InChI=1S/C13H16O3/c14-11(7-9-1-2-9)10-3-4-12-13(8-10)16-6-5-15-12/h3-4,8-9,11,14H,1-2,5-7H2. The number of hydrogen-bond donors (Lipinski definition) is 1. The summed E-state index contributed by atoms with van der Waals surface area (Å²) < 4.78 is 10.9. The first kappa shape index (κ1) is 9.97. The number of hydrogen-bond acceptors (Lipinski definition) is 3. The Kier molecular flexibility index (Phi) is 2.48. The molecule has 86 valence electrons. The van der Waals surface area contributed by atoms with Crippen molar-refractivity contribution in [1.82, 2.24) is 0 Å². The van der Waals surface area contributed by atoms with Crippen LogP contribution in [0.5, 0.6) is 11.5 Å². The fourth-order valence-corrected chi connectivity index (χ4v) is 2.07. The van der Waals surface area contributed by atoms with Crippen LogP contribution in [-0.4, -0.2) is 18.3 Å². The van der Waals surface area contributed by atoms with Crippen molar-refractivity contribution in [3.8, 4) is 11.5 Å². The zero-order valence-electron chi connectivity index (χ0n) is 9.19. The molecule has 16 heavy (non-hydrogen) atoms. The Bertz CT molecular complexity index is 385. The molecule has 3 nitrogen and oxygen atoms in total. The average Bonchev–Trinajstić information content (AvgIpc) is 3.12. The molecule has 1 atom stereocenters. The minimum Gasteiger partial charge on any atom is -0.486 e. The first-order valence-electron chi connectivity index (χ1n) is 5.90. The van der Waals surface area contributed by atoms with Gasteiger partial charge in [-0.1, -0.05) is 18.9 Å². The highest BCUT2D eigenvalue weighted by Crippen LogP contribution is 2.39. The van der Waals surface area contributed by atoms with E-state index in [0.717, 1.165) is 29.4 Å². The van der Waals surface area contributed by atoms with Gasteiger partial charge in [0.15, 0.2) is 11.5 Å². The molecule has 0 aromatic heterocycles. The second-order valence-corrected chi connectivity index (χ2v) is 4.60. The Morgan fingerprint density at radius 3 is 2.69 bits per heavy atom. The summed E-state index contributed by atoms with van der Waals surface area (Å²) in [6.45, 7) is 1.20. The highest BCUT2D eigenvalue weighted by Gasteiger charge is 2.25. The Hall–Kier alpha value is -1.22. The maximum absolute atomic E-state index is 10.0. The molecule has 0 radical (unpaired) electrons. The van der Waals surface area contributed by atoms with E-state index in [0.29, 0.717) is 13.2 Å². The lowest BCUT2D eigenvalue weighted by molar-refractivity contribution is 0.154. The molecule has 1 N–H and O–H groups in total. The summed E-state index contributed by atoms with van der Waals surface area (Å²) in [5.41, 5.74) is 0.941. The predicted octanol–water partition coefficient (Wildman–Crippen LogP) is 2.29. The highest BCUT2D eigenvalue weighted by molar-refractivity contribution is 5.44. The van der Waals surface area contributed by atoms with E-state index in [-0.39, 0.29) is 6.10 Å². The number of fused-ring (bicyclic) bond motifs is 1. The van der Waals surface area contributed by atoms with Gasteiger partial charge in [0.1, 0.15) is 13.2 Å². The molecule has 0 bridgehead atoms. The van der Waals surface area contributed by atoms with Crippen molar-refractivity contribution in [3.63, 3.8) is 0 Å². The molecule has 0 amide bonds. The second kappa shape index (κ2) is 3.98. The Morgan fingerprint density at radius 1 is 1.19 bits per heavy atom. The normalized spacial score (nSPS) is 20.6. The molecule has 3 rings (SSSR count). The topological polar surface area (TPSA) is 38.7 Å². The molecule has 1 aliphatic carbocycles. The van der Waals surface area contributed by atoms with Gasteiger partial charge in [0.25, 0.3) is 0 Å². The van der Waals surface area contributed by atoms with Crippen LogP contribution < -0.4 is 9.47 Å².